The summed E-state index contributed by atoms with van der Waals surface area (Å²) in [5.74, 6) is -1.27. The first-order chi connectivity index (χ1) is 8.90. The normalized spacial score (nSPS) is 10.4. The van der Waals surface area contributed by atoms with Crippen LogP contribution in [0.3, 0.4) is 0 Å². The number of pyridine rings is 1. The second-order valence-corrected chi connectivity index (χ2v) is 4.04. The highest BCUT2D eigenvalue weighted by atomic mass is 35.5. The quantitative estimate of drug-likeness (QED) is 0.679. The van der Waals surface area contributed by atoms with Crippen LogP contribution in [-0.2, 0) is 0 Å². The maximum absolute atomic E-state index is 11.0. The summed E-state index contributed by atoms with van der Waals surface area (Å²) in [7, 11) is 0. The smallest absolute Gasteiger partial charge is 0.342 e. The van der Waals surface area contributed by atoms with Gasteiger partial charge in [0.05, 0.1) is 21.8 Å². The fourth-order valence-electron chi connectivity index (χ4n) is 1.44. The number of hydrogen-bond donors (Lipinski definition) is 1. The number of carboxylic acid groups (broad SMARTS) is 1. The first kappa shape index (κ1) is 13.0. The average molecular weight is 283 g/mol. The van der Waals surface area contributed by atoms with Crippen LogP contribution in [0.4, 0.5) is 5.69 Å². The van der Waals surface area contributed by atoms with Crippen LogP contribution in [0.15, 0.2) is 18.5 Å². The van der Waals surface area contributed by atoms with E-state index in [1.165, 1.54) is 10.9 Å². The number of aryl methyl sites for hydroxylation is 1. The number of aromatic nitrogens is 3. The first-order valence-corrected chi connectivity index (χ1v) is 5.38. The predicted molar refractivity (Wildman–Crippen MR) is 64.7 cm³/mol. The third kappa shape index (κ3) is 2.38. The highest BCUT2D eigenvalue weighted by Gasteiger charge is 2.21. The van der Waals surface area contributed by atoms with Crippen LogP contribution in [0.2, 0.25) is 5.02 Å². The largest absolute Gasteiger partial charge is 0.477 e. The van der Waals surface area contributed by atoms with Gasteiger partial charge in [-0.2, -0.15) is 5.10 Å². The zero-order valence-corrected chi connectivity index (χ0v) is 10.3. The molecule has 0 aromatic carbocycles. The molecule has 0 aliphatic rings. The summed E-state index contributed by atoms with van der Waals surface area (Å²) in [6.07, 6.45) is 2.32. The molecule has 0 saturated heterocycles. The Morgan fingerprint density at radius 3 is 2.74 bits per heavy atom. The average Bonchev–Trinajstić information content (AvgIpc) is 2.68. The third-order valence-electron chi connectivity index (χ3n) is 2.37. The lowest BCUT2D eigenvalue weighted by Crippen LogP contribution is -2.07. The van der Waals surface area contributed by atoms with E-state index in [0.717, 1.165) is 12.3 Å². The van der Waals surface area contributed by atoms with Crippen molar-refractivity contribution in [1.82, 2.24) is 14.8 Å². The van der Waals surface area contributed by atoms with Gasteiger partial charge in [-0.05, 0) is 6.92 Å². The number of halogens is 1. The maximum Gasteiger partial charge on any atom is 0.342 e. The number of carbonyl (C=O) groups is 1. The molecule has 0 radical (unpaired) electrons. The molecule has 0 aliphatic heterocycles. The standard InChI is InChI=1S/C10H7ClN4O4/c1-5-7(11)4-14(13-5)9-2-6(10(16)17)8(3-12-9)15(18)19/h2-4H,1H3,(H,16,17). The van der Waals surface area contributed by atoms with Crippen molar-refractivity contribution < 1.29 is 14.8 Å². The van der Waals surface area contributed by atoms with Gasteiger partial charge in [-0.3, -0.25) is 10.1 Å². The van der Waals surface area contributed by atoms with Gasteiger partial charge in [0.15, 0.2) is 5.82 Å². The van der Waals surface area contributed by atoms with Crippen molar-refractivity contribution in [3.05, 3.63) is 44.9 Å². The Bertz CT molecular complexity index is 663. The van der Waals surface area contributed by atoms with Crippen LogP contribution in [0.5, 0.6) is 0 Å². The fourth-order valence-corrected chi connectivity index (χ4v) is 1.57. The van der Waals surface area contributed by atoms with Crippen LogP contribution < -0.4 is 0 Å². The predicted octanol–water partition coefficient (Wildman–Crippen LogP) is 1.84. The second-order valence-electron chi connectivity index (χ2n) is 3.63. The van der Waals surface area contributed by atoms with Gasteiger partial charge in [0.1, 0.15) is 11.8 Å². The van der Waals surface area contributed by atoms with E-state index in [9.17, 15) is 14.9 Å². The van der Waals surface area contributed by atoms with Crippen LogP contribution >= 0.6 is 11.6 Å². The number of hydrogen-bond acceptors (Lipinski definition) is 5. The van der Waals surface area contributed by atoms with Crippen molar-refractivity contribution in [1.29, 1.82) is 0 Å². The van der Waals surface area contributed by atoms with Crippen molar-refractivity contribution in [3.8, 4) is 5.82 Å². The molecule has 0 bridgehead atoms. The molecule has 8 nitrogen and oxygen atoms in total. The minimum Gasteiger partial charge on any atom is -0.477 e. The number of rotatable bonds is 3. The summed E-state index contributed by atoms with van der Waals surface area (Å²) >= 11 is 5.83. The summed E-state index contributed by atoms with van der Waals surface area (Å²) in [5, 5.41) is 24.0. The monoisotopic (exact) mass is 282 g/mol. The first-order valence-electron chi connectivity index (χ1n) is 5.00. The van der Waals surface area contributed by atoms with E-state index in [1.54, 1.807) is 6.92 Å². The van der Waals surface area contributed by atoms with Crippen LogP contribution in [-0.4, -0.2) is 30.8 Å². The Balaban J connectivity index is 2.58. The van der Waals surface area contributed by atoms with Gasteiger partial charge in [0, 0.05) is 6.07 Å². The number of aromatic carboxylic acids is 1. The molecule has 9 heteroatoms. The van der Waals surface area contributed by atoms with Crippen LogP contribution in [0.25, 0.3) is 5.82 Å². The van der Waals surface area contributed by atoms with Gasteiger partial charge < -0.3 is 5.11 Å². The molecule has 19 heavy (non-hydrogen) atoms. The van der Waals surface area contributed by atoms with Crippen molar-refractivity contribution in [3.63, 3.8) is 0 Å². The lowest BCUT2D eigenvalue weighted by atomic mass is 10.2. The maximum atomic E-state index is 11.0. The van der Waals surface area contributed by atoms with E-state index in [4.69, 9.17) is 16.7 Å². The molecule has 0 amide bonds. The number of nitrogens with zero attached hydrogens (tertiary/aromatic N) is 4. The molecule has 2 aromatic rings. The molecule has 0 fully saturated rings. The Kier molecular flexibility index (Phi) is 3.17. The van der Waals surface area contributed by atoms with Gasteiger partial charge in [0.25, 0.3) is 0 Å². The van der Waals surface area contributed by atoms with Gasteiger partial charge in [-0.25, -0.2) is 14.5 Å². The molecule has 0 spiro atoms. The van der Waals surface area contributed by atoms with Gasteiger partial charge in [-0.15, -0.1) is 0 Å². The molecule has 0 unspecified atom stereocenters. The summed E-state index contributed by atoms with van der Waals surface area (Å²) in [6, 6.07) is 1.07. The minimum absolute atomic E-state index is 0.137. The SMILES string of the molecule is Cc1nn(-c2cc(C(=O)O)c([N+](=O)[O-])cn2)cc1Cl. The molecule has 2 heterocycles. The highest BCUT2D eigenvalue weighted by molar-refractivity contribution is 6.31. The summed E-state index contributed by atoms with van der Waals surface area (Å²) < 4.78 is 1.26. The third-order valence-corrected chi connectivity index (χ3v) is 2.74. The lowest BCUT2D eigenvalue weighted by Gasteiger charge is -2.02. The van der Waals surface area contributed by atoms with E-state index in [2.05, 4.69) is 10.1 Å². The van der Waals surface area contributed by atoms with Gasteiger partial charge in [-0.1, -0.05) is 11.6 Å². The summed E-state index contributed by atoms with van der Waals surface area (Å²) in [6.45, 7) is 1.67. The summed E-state index contributed by atoms with van der Waals surface area (Å²) in [5.41, 5.74) is -0.496. The molecule has 0 saturated carbocycles. The zero-order valence-electron chi connectivity index (χ0n) is 9.57. The Morgan fingerprint density at radius 1 is 1.58 bits per heavy atom. The van der Waals surface area contributed by atoms with E-state index >= 15 is 0 Å². The van der Waals surface area contributed by atoms with E-state index < -0.39 is 22.1 Å². The Hall–Kier alpha value is -2.48. The molecule has 0 aliphatic carbocycles. The second kappa shape index (κ2) is 4.65. The van der Waals surface area contributed by atoms with Crippen molar-refractivity contribution in [2.45, 2.75) is 6.92 Å². The zero-order chi connectivity index (χ0) is 14.2. The number of nitro groups is 1. The minimum atomic E-state index is -1.41. The Morgan fingerprint density at radius 2 is 2.26 bits per heavy atom. The molecular weight excluding hydrogens is 276 g/mol. The topological polar surface area (TPSA) is 111 Å². The van der Waals surface area contributed by atoms with Crippen molar-refractivity contribution in [2.24, 2.45) is 0 Å². The Labute approximate surface area is 111 Å². The molecule has 0 atom stereocenters. The van der Waals surface area contributed by atoms with Gasteiger partial charge in [0.2, 0.25) is 0 Å². The lowest BCUT2D eigenvalue weighted by molar-refractivity contribution is -0.385. The van der Waals surface area contributed by atoms with E-state index in [1.807, 2.05) is 0 Å². The van der Waals surface area contributed by atoms with Crippen LogP contribution in [0, 0.1) is 17.0 Å². The molecule has 2 rings (SSSR count). The van der Waals surface area contributed by atoms with E-state index in [0.29, 0.717) is 10.7 Å². The summed E-state index contributed by atoms with van der Waals surface area (Å²) in [4.78, 5) is 24.7. The molecule has 2 aromatic heterocycles. The molecule has 98 valence electrons. The van der Waals surface area contributed by atoms with Gasteiger partial charge >= 0.3 is 11.7 Å². The molecule has 1 N–H and O–H groups in total. The molecular formula is C10H7ClN4O4. The van der Waals surface area contributed by atoms with Crippen molar-refractivity contribution >= 4 is 23.3 Å². The van der Waals surface area contributed by atoms with Crippen molar-refractivity contribution in [2.75, 3.05) is 0 Å². The number of carboxylic acids is 1. The van der Waals surface area contributed by atoms with E-state index in [-0.39, 0.29) is 5.82 Å². The highest BCUT2D eigenvalue weighted by Crippen LogP contribution is 2.21. The fraction of sp³-hybridized carbons (Fsp3) is 0.100. The van der Waals surface area contributed by atoms with Crippen LogP contribution in [0.1, 0.15) is 16.1 Å².